The van der Waals surface area contributed by atoms with Crippen LogP contribution in [0.3, 0.4) is 0 Å². The van der Waals surface area contributed by atoms with Crippen LogP contribution >= 0.6 is 0 Å². The number of nitro benzene ring substituents is 1. The molecule has 168 valence electrons. The van der Waals surface area contributed by atoms with Crippen LogP contribution in [0.2, 0.25) is 0 Å². The molecule has 5 fully saturated rings. The van der Waals surface area contributed by atoms with Gasteiger partial charge < -0.3 is 5.32 Å². The molecule has 5 aliphatic rings. The van der Waals surface area contributed by atoms with Crippen molar-refractivity contribution in [1.29, 1.82) is 0 Å². The number of rotatable bonds is 6. The van der Waals surface area contributed by atoms with Gasteiger partial charge in [0.05, 0.1) is 9.82 Å². The highest BCUT2D eigenvalue weighted by molar-refractivity contribution is 7.89. The number of nitrogens with zero attached hydrogens (tertiary/aromatic N) is 2. The highest BCUT2D eigenvalue weighted by atomic mass is 32.2. The number of carbonyl (C=O) groups excluding carboxylic acids is 1. The van der Waals surface area contributed by atoms with Gasteiger partial charge in [-0.15, -0.1) is 0 Å². The molecule has 0 spiro atoms. The molecular formula is C22H29N3O5S. The molecule has 1 aliphatic heterocycles. The van der Waals surface area contributed by atoms with E-state index < -0.39 is 14.9 Å². The van der Waals surface area contributed by atoms with Gasteiger partial charge in [-0.2, -0.15) is 4.31 Å². The lowest BCUT2D eigenvalue weighted by atomic mass is 9.49. The van der Waals surface area contributed by atoms with Gasteiger partial charge in [0.25, 0.3) is 5.69 Å². The molecule has 0 aromatic heterocycles. The zero-order valence-corrected chi connectivity index (χ0v) is 18.4. The van der Waals surface area contributed by atoms with Crippen molar-refractivity contribution >= 4 is 21.6 Å². The summed E-state index contributed by atoms with van der Waals surface area (Å²) >= 11 is 0. The number of benzene rings is 1. The molecule has 8 nitrogen and oxygen atoms in total. The standard InChI is InChI=1S/C22H29N3O5S/c26-21(22-10-16-7-17(11-22)9-18(8-16)12-22)23-13-15-5-6-24(14-15)31(29,30)20-3-1-19(2-4-20)25(27)28/h1-4,15-18H,5-14H2,(H,23,26). The SMILES string of the molecule is O=C(NCC1CCN(S(=O)(=O)c2ccc([N+](=O)[O-])cc2)C1)C12CC3CC(CC(C3)C1)C2. The van der Waals surface area contributed by atoms with Crippen LogP contribution in [0.4, 0.5) is 5.69 Å². The summed E-state index contributed by atoms with van der Waals surface area (Å²) in [6, 6.07) is 5.00. The topological polar surface area (TPSA) is 110 Å². The van der Waals surface area contributed by atoms with Crippen LogP contribution in [-0.4, -0.2) is 43.2 Å². The highest BCUT2D eigenvalue weighted by Gasteiger charge is 2.54. The maximum atomic E-state index is 13.1. The molecule has 31 heavy (non-hydrogen) atoms. The summed E-state index contributed by atoms with van der Waals surface area (Å²) in [6.07, 6.45) is 7.66. The van der Waals surface area contributed by atoms with Gasteiger partial charge in [0.1, 0.15) is 0 Å². The number of hydrogen-bond acceptors (Lipinski definition) is 5. The summed E-state index contributed by atoms with van der Waals surface area (Å²) in [6.45, 7) is 1.27. The molecule has 1 unspecified atom stereocenters. The van der Waals surface area contributed by atoms with Gasteiger partial charge in [-0.1, -0.05) is 0 Å². The summed E-state index contributed by atoms with van der Waals surface area (Å²) in [5, 5.41) is 14.0. The van der Waals surface area contributed by atoms with Crippen LogP contribution in [0.25, 0.3) is 0 Å². The van der Waals surface area contributed by atoms with Gasteiger partial charge >= 0.3 is 0 Å². The zero-order chi connectivity index (χ0) is 21.8. The molecule has 1 saturated heterocycles. The first-order chi connectivity index (χ1) is 14.7. The molecule has 1 amide bonds. The minimum absolute atomic E-state index is 0.0661. The van der Waals surface area contributed by atoms with E-state index in [0.717, 1.165) is 19.3 Å². The first kappa shape index (κ1) is 20.9. The number of carbonyl (C=O) groups is 1. The van der Waals surface area contributed by atoms with Gasteiger partial charge in [-0.25, -0.2) is 8.42 Å². The average Bonchev–Trinajstić information content (AvgIpc) is 3.21. The fourth-order valence-electron chi connectivity index (χ4n) is 6.88. The third kappa shape index (κ3) is 3.75. The first-order valence-electron chi connectivity index (χ1n) is 11.3. The molecule has 4 bridgehead atoms. The van der Waals surface area contributed by atoms with E-state index in [1.165, 1.54) is 47.8 Å². The molecule has 9 heteroatoms. The van der Waals surface area contributed by atoms with Gasteiger partial charge in [0, 0.05) is 37.2 Å². The lowest BCUT2D eigenvalue weighted by Gasteiger charge is -2.55. The molecule has 4 saturated carbocycles. The average molecular weight is 448 g/mol. The number of hydrogen-bond donors (Lipinski definition) is 1. The second kappa shape index (κ2) is 7.55. The van der Waals surface area contributed by atoms with E-state index in [1.807, 2.05) is 0 Å². The third-order valence-corrected chi connectivity index (χ3v) is 9.88. The number of amides is 1. The van der Waals surface area contributed by atoms with E-state index >= 15 is 0 Å². The Hall–Kier alpha value is -2.00. The third-order valence-electron chi connectivity index (χ3n) is 8.01. The van der Waals surface area contributed by atoms with Crippen LogP contribution < -0.4 is 5.32 Å². The van der Waals surface area contributed by atoms with E-state index in [9.17, 15) is 23.3 Å². The minimum Gasteiger partial charge on any atom is -0.355 e. The Balaban J connectivity index is 1.18. The Morgan fingerprint density at radius 3 is 2.23 bits per heavy atom. The molecule has 1 aromatic carbocycles. The predicted octanol–water partition coefficient (Wildman–Crippen LogP) is 2.94. The largest absolute Gasteiger partial charge is 0.355 e. The summed E-state index contributed by atoms with van der Waals surface area (Å²) in [7, 11) is -3.69. The summed E-state index contributed by atoms with van der Waals surface area (Å²) in [5.41, 5.74) is -0.316. The van der Waals surface area contributed by atoms with Crippen molar-refractivity contribution in [3.8, 4) is 0 Å². The van der Waals surface area contributed by atoms with Crippen molar-refractivity contribution in [2.75, 3.05) is 19.6 Å². The monoisotopic (exact) mass is 447 g/mol. The molecule has 1 heterocycles. The highest BCUT2D eigenvalue weighted by Crippen LogP contribution is 2.60. The van der Waals surface area contributed by atoms with Gasteiger partial charge in [-0.05, 0) is 80.8 Å². The molecule has 1 aromatic rings. The van der Waals surface area contributed by atoms with Crippen molar-refractivity contribution in [3.63, 3.8) is 0 Å². The number of non-ortho nitro benzene ring substituents is 1. The second-order valence-electron chi connectivity index (χ2n) is 10.2. The van der Waals surface area contributed by atoms with Gasteiger partial charge in [0.2, 0.25) is 15.9 Å². The summed E-state index contributed by atoms with van der Waals surface area (Å²) in [5.74, 6) is 2.41. The first-order valence-corrected chi connectivity index (χ1v) is 12.7. The van der Waals surface area contributed by atoms with E-state index in [1.54, 1.807) is 0 Å². The van der Waals surface area contributed by atoms with Gasteiger partial charge in [0.15, 0.2) is 0 Å². The molecule has 6 rings (SSSR count). The number of sulfonamides is 1. The lowest BCUT2D eigenvalue weighted by molar-refractivity contribution is -0.384. The van der Waals surface area contributed by atoms with Crippen molar-refractivity contribution in [3.05, 3.63) is 34.4 Å². The Labute approximate surface area is 182 Å². The zero-order valence-electron chi connectivity index (χ0n) is 17.5. The fraction of sp³-hybridized carbons (Fsp3) is 0.682. The minimum atomic E-state index is -3.69. The quantitative estimate of drug-likeness (QED) is 0.533. The summed E-state index contributed by atoms with van der Waals surface area (Å²) < 4.78 is 27.2. The summed E-state index contributed by atoms with van der Waals surface area (Å²) in [4.78, 5) is 23.5. The van der Waals surface area contributed by atoms with Crippen molar-refractivity contribution in [1.82, 2.24) is 9.62 Å². The van der Waals surface area contributed by atoms with Crippen molar-refractivity contribution < 1.29 is 18.1 Å². The Morgan fingerprint density at radius 1 is 1.10 bits per heavy atom. The van der Waals surface area contributed by atoms with Crippen LogP contribution in [0.1, 0.15) is 44.9 Å². The van der Waals surface area contributed by atoms with Crippen LogP contribution in [0.5, 0.6) is 0 Å². The van der Waals surface area contributed by atoms with Crippen LogP contribution in [0.15, 0.2) is 29.2 Å². The van der Waals surface area contributed by atoms with Crippen LogP contribution in [-0.2, 0) is 14.8 Å². The predicted molar refractivity (Wildman–Crippen MR) is 114 cm³/mol. The lowest BCUT2D eigenvalue weighted by Crippen LogP contribution is -2.54. The maximum Gasteiger partial charge on any atom is 0.269 e. The van der Waals surface area contributed by atoms with E-state index in [0.29, 0.717) is 43.8 Å². The Morgan fingerprint density at radius 2 is 1.68 bits per heavy atom. The van der Waals surface area contributed by atoms with Crippen molar-refractivity contribution in [2.24, 2.45) is 29.1 Å². The van der Waals surface area contributed by atoms with E-state index in [4.69, 9.17) is 0 Å². The molecule has 1 N–H and O–H groups in total. The Kier molecular flexibility index (Phi) is 5.08. The van der Waals surface area contributed by atoms with E-state index in [2.05, 4.69) is 5.32 Å². The van der Waals surface area contributed by atoms with Crippen molar-refractivity contribution in [2.45, 2.75) is 49.8 Å². The normalized spacial score (nSPS) is 34.7. The number of nitro groups is 1. The van der Waals surface area contributed by atoms with E-state index in [-0.39, 0.29) is 27.8 Å². The molecule has 0 radical (unpaired) electrons. The number of nitrogens with one attached hydrogen (secondary N) is 1. The Bertz CT molecular complexity index is 956. The fourth-order valence-corrected chi connectivity index (χ4v) is 8.42. The molecular weight excluding hydrogens is 418 g/mol. The van der Waals surface area contributed by atoms with Gasteiger partial charge in [-0.3, -0.25) is 14.9 Å². The second-order valence-corrected chi connectivity index (χ2v) is 12.1. The van der Waals surface area contributed by atoms with Crippen LogP contribution in [0, 0.1) is 39.2 Å². The molecule has 1 atom stereocenters. The molecule has 4 aliphatic carbocycles. The maximum absolute atomic E-state index is 13.1. The smallest absolute Gasteiger partial charge is 0.269 e.